The smallest absolute Gasteiger partial charge is 0.251 e. The van der Waals surface area contributed by atoms with Gasteiger partial charge in [0, 0.05) is 24.7 Å². The minimum atomic E-state index is -3.62. The molecule has 1 aliphatic carbocycles. The van der Waals surface area contributed by atoms with Gasteiger partial charge in [-0.1, -0.05) is 25.7 Å². The molecule has 1 amide bonds. The van der Waals surface area contributed by atoms with Crippen LogP contribution < -0.4 is 15.8 Å². The van der Waals surface area contributed by atoms with Gasteiger partial charge in [0.05, 0.1) is 4.90 Å². The van der Waals surface area contributed by atoms with Crippen molar-refractivity contribution in [2.24, 2.45) is 5.73 Å². The number of carbonyl (C=O) groups is 1. The largest absolute Gasteiger partial charge is 0.355 e. The molecule has 0 bridgehead atoms. The summed E-state index contributed by atoms with van der Waals surface area (Å²) in [5.74, 6) is -0.249. The first-order valence-electron chi connectivity index (χ1n) is 7.97. The summed E-state index contributed by atoms with van der Waals surface area (Å²) in [6, 6.07) is 5.86. The van der Waals surface area contributed by atoms with Crippen LogP contribution in [-0.2, 0) is 10.0 Å². The van der Waals surface area contributed by atoms with Crippen molar-refractivity contribution in [2.75, 3.05) is 13.6 Å². The Labute approximate surface area is 150 Å². The van der Waals surface area contributed by atoms with Crippen LogP contribution in [0.3, 0.4) is 0 Å². The summed E-state index contributed by atoms with van der Waals surface area (Å²) in [6.07, 6.45) is 6.08. The van der Waals surface area contributed by atoms with E-state index in [0.717, 1.165) is 38.5 Å². The van der Waals surface area contributed by atoms with E-state index in [9.17, 15) is 13.2 Å². The van der Waals surface area contributed by atoms with Gasteiger partial charge in [0.1, 0.15) is 0 Å². The number of amides is 1. The van der Waals surface area contributed by atoms with E-state index >= 15 is 0 Å². The quantitative estimate of drug-likeness (QED) is 0.683. The van der Waals surface area contributed by atoms with Crippen LogP contribution in [0.2, 0.25) is 0 Å². The van der Waals surface area contributed by atoms with E-state index in [0.29, 0.717) is 5.56 Å². The molecule has 0 saturated heterocycles. The molecule has 4 N–H and O–H groups in total. The second kappa shape index (κ2) is 8.80. The third-order valence-corrected chi connectivity index (χ3v) is 5.78. The summed E-state index contributed by atoms with van der Waals surface area (Å²) >= 11 is 0. The van der Waals surface area contributed by atoms with Crippen molar-refractivity contribution in [2.45, 2.75) is 49.0 Å². The van der Waals surface area contributed by atoms with Crippen molar-refractivity contribution < 1.29 is 13.2 Å². The van der Waals surface area contributed by atoms with Crippen molar-refractivity contribution in [1.82, 2.24) is 10.0 Å². The van der Waals surface area contributed by atoms with E-state index in [1.54, 1.807) is 0 Å². The molecular weight excluding hydrogens is 350 g/mol. The molecule has 0 radical (unpaired) electrons. The monoisotopic (exact) mass is 375 g/mol. The fourth-order valence-corrected chi connectivity index (χ4v) is 4.00. The van der Waals surface area contributed by atoms with Gasteiger partial charge in [-0.2, -0.15) is 0 Å². The van der Waals surface area contributed by atoms with Crippen molar-refractivity contribution in [3.63, 3.8) is 0 Å². The van der Waals surface area contributed by atoms with E-state index in [1.165, 1.54) is 31.3 Å². The van der Waals surface area contributed by atoms with Gasteiger partial charge in [-0.25, -0.2) is 13.1 Å². The predicted molar refractivity (Wildman–Crippen MR) is 96.9 cm³/mol. The summed E-state index contributed by atoms with van der Waals surface area (Å²) in [5.41, 5.74) is 6.30. The summed E-state index contributed by atoms with van der Waals surface area (Å²) in [4.78, 5) is 11.6. The molecule has 24 heavy (non-hydrogen) atoms. The molecular formula is C16H26ClN3O3S. The maximum absolute atomic E-state index is 12.4. The first-order chi connectivity index (χ1) is 10.9. The standard InChI is InChI=1S/C16H25N3O3S.ClH/c1-18-15(20)13-6-8-14(9-7-13)23(21,22)19-12-16(17)10-4-2-3-5-11-16;/h6-9,19H,2-5,10-12,17H2,1H3,(H,18,20);1H. The fraction of sp³-hybridized carbons (Fsp3) is 0.562. The first-order valence-corrected chi connectivity index (χ1v) is 9.45. The molecule has 1 aromatic carbocycles. The van der Waals surface area contributed by atoms with Gasteiger partial charge < -0.3 is 11.1 Å². The molecule has 0 unspecified atom stereocenters. The van der Waals surface area contributed by atoms with Gasteiger partial charge in [-0.3, -0.25) is 4.79 Å². The highest BCUT2D eigenvalue weighted by Gasteiger charge is 2.28. The minimum absolute atomic E-state index is 0. The maximum atomic E-state index is 12.4. The number of halogens is 1. The van der Waals surface area contributed by atoms with Crippen molar-refractivity contribution in [3.05, 3.63) is 29.8 Å². The SMILES string of the molecule is CNC(=O)c1ccc(S(=O)(=O)NCC2(N)CCCCCC2)cc1.Cl. The Balaban J connectivity index is 0.00000288. The van der Waals surface area contributed by atoms with Gasteiger partial charge in [0.15, 0.2) is 0 Å². The first kappa shape index (κ1) is 20.9. The zero-order valence-corrected chi connectivity index (χ0v) is 15.5. The number of hydrogen-bond acceptors (Lipinski definition) is 4. The molecule has 0 spiro atoms. The van der Waals surface area contributed by atoms with Gasteiger partial charge in [0.25, 0.3) is 5.91 Å². The van der Waals surface area contributed by atoms with Crippen molar-refractivity contribution in [3.8, 4) is 0 Å². The number of rotatable bonds is 5. The number of nitrogens with two attached hydrogens (primary N) is 1. The Morgan fingerprint density at radius 2 is 1.67 bits per heavy atom. The average molecular weight is 376 g/mol. The molecule has 1 aliphatic rings. The summed E-state index contributed by atoms with van der Waals surface area (Å²) < 4.78 is 27.4. The van der Waals surface area contributed by atoms with Crippen LogP contribution in [0.25, 0.3) is 0 Å². The number of benzene rings is 1. The number of nitrogens with one attached hydrogen (secondary N) is 2. The molecule has 1 fully saturated rings. The second-order valence-corrected chi connectivity index (χ2v) is 7.97. The van der Waals surface area contributed by atoms with E-state index < -0.39 is 15.6 Å². The molecule has 1 aromatic rings. The zero-order chi connectivity index (χ0) is 16.9. The Kier molecular flexibility index (Phi) is 7.66. The topological polar surface area (TPSA) is 101 Å². The predicted octanol–water partition coefficient (Wildman–Crippen LogP) is 1.80. The molecule has 1 saturated carbocycles. The van der Waals surface area contributed by atoms with E-state index in [2.05, 4.69) is 10.0 Å². The lowest BCUT2D eigenvalue weighted by molar-refractivity contribution is 0.0963. The number of hydrogen-bond donors (Lipinski definition) is 3. The Morgan fingerprint density at radius 1 is 1.12 bits per heavy atom. The van der Waals surface area contributed by atoms with Crippen LogP contribution >= 0.6 is 12.4 Å². The number of carbonyl (C=O) groups excluding carboxylic acids is 1. The molecule has 6 nitrogen and oxygen atoms in total. The molecule has 0 heterocycles. The Hall–Kier alpha value is -1.15. The van der Waals surface area contributed by atoms with Crippen LogP contribution in [0.15, 0.2) is 29.2 Å². The van der Waals surface area contributed by atoms with Gasteiger partial charge in [0.2, 0.25) is 10.0 Å². The molecule has 8 heteroatoms. The van der Waals surface area contributed by atoms with Crippen molar-refractivity contribution >= 4 is 28.3 Å². The third-order valence-electron chi connectivity index (χ3n) is 4.37. The normalized spacial score (nSPS) is 17.4. The summed E-state index contributed by atoms with van der Waals surface area (Å²) in [5, 5.41) is 2.50. The minimum Gasteiger partial charge on any atom is -0.355 e. The zero-order valence-electron chi connectivity index (χ0n) is 13.9. The third kappa shape index (κ3) is 5.44. The van der Waals surface area contributed by atoms with Gasteiger partial charge in [-0.05, 0) is 37.1 Å². The van der Waals surface area contributed by atoms with Crippen LogP contribution in [0.4, 0.5) is 0 Å². The number of sulfonamides is 1. The van der Waals surface area contributed by atoms with Crippen LogP contribution in [-0.4, -0.2) is 33.5 Å². The van der Waals surface area contributed by atoms with E-state index in [4.69, 9.17) is 5.73 Å². The van der Waals surface area contributed by atoms with Crippen LogP contribution in [0.5, 0.6) is 0 Å². The maximum Gasteiger partial charge on any atom is 0.251 e. The molecule has 2 rings (SSSR count). The second-order valence-electron chi connectivity index (χ2n) is 6.20. The lowest BCUT2D eigenvalue weighted by Gasteiger charge is -2.28. The van der Waals surface area contributed by atoms with Crippen LogP contribution in [0, 0.1) is 0 Å². The summed E-state index contributed by atoms with van der Waals surface area (Å²) in [6.45, 7) is 0.243. The molecule has 0 atom stereocenters. The van der Waals surface area contributed by atoms with Gasteiger partial charge >= 0.3 is 0 Å². The fourth-order valence-electron chi connectivity index (χ4n) is 2.86. The van der Waals surface area contributed by atoms with E-state index in [-0.39, 0.29) is 29.8 Å². The lowest BCUT2D eigenvalue weighted by atomic mass is 9.92. The molecule has 0 aromatic heterocycles. The highest BCUT2D eigenvalue weighted by atomic mass is 35.5. The van der Waals surface area contributed by atoms with Crippen molar-refractivity contribution in [1.29, 1.82) is 0 Å². The van der Waals surface area contributed by atoms with E-state index in [1.807, 2.05) is 0 Å². The highest BCUT2D eigenvalue weighted by molar-refractivity contribution is 7.89. The van der Waals surface area contributed by atoms with Crippen LogP contribution in [0.1, 0.15) is 48.9 Å². The van der Waals surface area contributed by atoms with Gasteiger partial charge in [-0.15, -0.1) is 12.4 Å². The molecule has 0 aliphatic heterocycles. The molecule has 136 valence electrons. The summed E-state index contributed by atoms with van der Waals surface area (Å²) in [7, 11) is -2.09. The Bertz CT molecular complexity index is 639. The lowest BCUT2D eigenvalue weighted by Crippen LogP contribution is -2.49. The Morgan fingerprint density at radius 3 is 2.17 bits per heavy atom. The average Bonchev–Trinajstić information content (AvgIpc) is 2.78. The highest BCUT2D eigenvalue weighted by Crippen LogP contribution is 2.24.